The molecule has 0 aliphatic heterocycles. The highest BCUT2D eigenvalue weighted by atomic mass is 32.1. The van der Waals surface area contributed by atoms with Crippen molar-refractivity contribution in [2.75, 3.05) is 13.2 Å². The minimum atomic E-state index is 0.0883. The maximum Gasteiger partial charge on any atom is 0.161 e. The second-order valence-electron chi connectivity index (χ2n) is 2.05. The summed E-state index contributed by atoms with van der Waals surface area (Å²) >= 11 is 4.78. The van der Waals surface area contributed by atoms with E-state index in [0.29, 0.717) is 18.1 Å². The first kappa shape index (κ1) is 9.85. The Morgan fingerprint density at radius 3 is 2.80 bits per heavy atom. The molecule has 1 N–H and O–H groups in total. The van der Waals surface area contributed by atoms with E-state index in [1.165, 1.54) is 0 Å². The van der Waals surface area contributed by atoms with Crippen LogP contribution in [0.25, 0.3) is 0 Å². The summed E-state index contributed by atoms with van der Waals surface area (Å²) in [6, 6.07) is 0. The molecule has 0 aromatic carbocycles. The minimum absolute atomic E-state index is 0.0883. The van der Waals surface area contributed by atoms with Gasteiger partial charge in [0.25, 0.3) is 0 Å². The standard InChI is InChI=1S/C7H14O2S/c1-2-3-6-9-7(10)4-5-8/h8H,2-6H2,1H3. The highest BCUT2D eigenvalue weighted by Crippen LogP contribution is 1.92. The fraction of sp³-hybridized carbons (Fsp3) is 0.857. The Kier molecular flexibility index (Phi) is 6.86. The van der Waals surface area contributed by atoms with Crippen molar-refractivity contribution in [3.63, 3.8) is 0 Å². The molecule has 0 amide bonds. The molecule has 2 nitrogen and oxygen atoms in total. The van der Waals surface area contributed by atoms with Crippen LogP contribution in [0.15, 0.2) is 0 Å². The predicted molar refractivity (Wildman–Crippen MR) is 45.2 cm³/mol. The van der Waals surface area contributed by atoms with Crippen LogP contribution in [-0.2, 0) is 4.74 Å². The zero-order chi connectivity index (χ0) is 7.82. The van der Waals surface area contributed by atoms with Gasteiger partial charge in [-0.15, -0.1) is 0 Å². The summed E-state index contributed by atoms with van der Waals surface area (Å²) in [5.74, 6) is 0. The van der Waals surface area contributed by atoms with E-state index in [0.717, 1.165) is 12.8 Å². The molecule has 0 unspecified atom stereocenters. The monoisotopic (exact) mass is 162 g/mol. The van der Waals surface area contributed by atoms with Gasteiger partial charge in [0.05, 0.1) is 13.2 Å². The summed E-state index contributed by atoms with van der Waals surface area (Å²) in [5.41, 5.74) is 0. The molecule has 0 spiro atoms. The molecule has 0 rings (SSSR count). The summed E-state index contributed by atoms with van der Waals surface area (Å²) in [5, 5.41) is 8.95. The van der Waals surface area contributed by atoms with Crippen LogP contribution < -0.4 is 0 Å². The molecule has 0 bridgehead atoms. The van der Waals surface area contributed by atoms with Gasteiger partial charge in [0, 0.05) is 6.42 Å². The number of aliphatic hydroxyl groups excluding tert-OH is 1. The van der Waals surface area contributed by atoms with Crippen molar-refractivity contribution in [1.29, 1.82) is 0 Å². The van der Waals surface area contributed by atoms with Crippen molar-refractivity contribution in [2.24, 2.45) is 0 Å². The maximum absolute atomic E-state index is 8.43. The molecule has 0 saturated heterocycles. The van der Waals surface area contributed by atoms with Crippen LogP contribution in [0.2, 0.25) is 0 Å². The lowest BCUT2D eigenvalue weighted by atomic mass is 10.4. The SMILES string of the molecule is CCCCOC(=S)CCO. The molecular formula is C7H14O2S. The lowest BCUT2D eigenvalue weighted by Gasteiger charge is -2.03. The highest BCUT2D eigenvalue weighted by Gasteiger charge is 1.93. The van der Waals surface area contributed by atoms with Gasteiger partial charge in [-0.1, -0.05) is 13.3 Å². The van der Waals surface area contributed by atoms with Crippen molar-refractivity contribution in [2.45, 2.75) is 26.2 Å². The molecule has 0 atom stereocenters. The lowest BCUT2D eigenvalue weighted by molar-refractivity contribution is 0.266. The van der Waals surface area contributed by atoms with Crippen molar-refractivity contribution in [3.05, 3.63) is 0 Å². The largest absolute Gasteiger partial charge is 0.487 e. The summed E-state index contributed by atoms with van der Waals surface area (Å²) in [6.45, 7) is 2.87. The Labute approximate surface area is 67.2 Å². The van der Waals surface area contributed by atoms with E-state index in [2.05, 4.69) is 6.92 Å². The average molecular weight is 162 g/mol. The van der Waals surface area contributed by atoms with Gasteiger partial charge in [-0.3, -0.25) is 0 Å². The van der Waals surface area contributed by atoms with Crippen LogP contribution >= 0.6 is 12.2 Å². The molecule has 10 heavy (non-hydrogen) atoms. The van der Waals surface area contributed by atoms with E-state index in [-0.39, 0.29) is 6.61 Å². The van der Waals surface area contributed by atoms with Crippen molar-refractivity contribution < 1.29 is 9.84 Å². The molecule has 60 valence electrons. The first-order valence-corrected chi connectivity index (χ1v) is 3.98. The van der Waals surface area contributed by atoms with Crippen molar-refractivity contribution in [3.8, 4) is 0 Å². The predicted octanol–water partition coefficient (Wildman–Crippen LogP) is 1.51. The van der Waals surface area contributed by atoms with Gasteiger partial charge >= 0.3 is 0 Å². The maximum atomic E-state index is 8.43. The van der Waals surface area contributed by atoms with E-state index in [9.17, 15) is 0 Å². The van der Waals surface area contributed by atoms with Crippen molar-refractivity contribution in [1.82, 2.24) is 0 Å². The van der Waals surface area contributed by atoms with Gasteiger partial charge in [0.15, 0.2) is 5.05 Å². The molecule has 0 aliphatic rings. The van der Waals surface area contributed by atoms with Crippen LogP contribution in [0.1, 0.15) is 26.2 Å². The number of ether oxygens (including phenoxy) is 1. The van der Waals surface area contributed by atoms with Gasteiger partial charge < -0.3 is 9.84 Å². The Morgan fingerprint density at radius 2 is 2.30 bits per heavy atom. The van der Waals surface area contributed by atoms with E-state index < -0.39 is 0 Å². The lowest BCUT2D eigenvalue weighted by Crippen LogP contribution is -2.04. The average Bonchev–Trinajstić information content (AvgIpc) is 1.89. The van der Waals surface area contributed by atoms with E-state index in [1.807, 2.05) is 0 Å². The Balaban J connectivity index is 3.05. The molecule has 0 radical (unpaired) electrons. The zero-order valence-electron chi connectivity index (χ0n) is 6.30. The van der Waals surface area contributed by atoms with Crippen LogP contribution in [0.5, 0.6) is 0 Å². The van der Waals surface area contributed by atoms with Crippen LogP contribution in [-0.4, -0.2) is 23.4 Å². The first-order chi connectivity index (χ1) is 4.81. The molecule has 0 aromatic heterocycles. The fourth-order valence-electron chi connectivity index (χ4n) is 0.494. The smallest absolute Gasteiger partial charge is 0.161 e. The third kappa shape index (κ3) is 5.98. The molecule has 0 aromatic rings. The van der Waals surface area contributed by atoms with Gasteiger partial charge in [0.2, 0.25) is 0 Å². The van der Waals surface area contributed by atoms with E-state index >= 15 is 0 Å². The fourth-order valence-corrected chi connectivity index (χ4v) is 0.668. The second-order valence-corrected chi connectivity index (χ2v) is 2.50. The molecular weight excluding hydrogens is 148 g/mol. The Morgan fingerprint density at radius 1 is 1.60 bits per heavy atom. The summed E-state index contributed by atoms with van der Waals surface area (Å²) in [7, 11) is 0. The number of hydrogen-bond donors (Lipinski definition) is 1. The first-order valence-electron chi connectivity index (χ1n) is 3.57. The number of hydrogen-bond acceptors (Lipinski definition) is 3. The summed E-state index contributed by atoms with van der Waals surface area (Å²) in [4.78, 5) is 0. The summed E-state index contributed by atoms with van der Waals surface area (Å²) < 4.78 is 5.09. The third-order valence-electron chi connectivity index (χ3n) is 1.08. The van der Waals surface area contributed by atoms with E-state index in [1.54, 1.807) is 0 Å². The zero-order valence-corrected chi connectivity index (χ0v) is 7.12. The van der Waals surface area contributed by atoms with Gasteiger partial charge in [-0.2, -0.15) is 0 Å². The van der Waals surface area contributed by atoms with Crippen LogP contribution in [0.3, 0.4) is 0 Å². The number of aliphatic hydroxyl groups is 1. The summed E-state index contributed by atoms with van der Waals surface area (Å²) in [6.07, 6.45) is 2.63. The van der Waals surface area contributed by atoms with Gasteiger partial charge in [0.1, 0.15) is 0 Å². The molecule has 0 fully saturated rings. The number of unbranched alkanes of at least 4 members (excludes halogenated alkanes) is 1. The molecule has 0 heterocycles. The topological polar surface area (TPSA) is 29.5 Å². The van der Waals surface area contributed by atoms with Gasteiger partial charge in [-0.05, 0) is 18.6 Å². The molecule has 0 saturated carbocycles. The third-order valence-corrected chi connectivity index (χ3v) is 1.40. The van der Waals surface area contributed by atoms with Crippen molar-refractivity contribution >= 4 is 17.3 Å². The molecule has 0 aliphatic carbocycles. The van der Waals surface area contributed by atoms with E-state index in [4.69, 9.17) is 22.1 Å². The minimum Gasteiger partial charge on any atom is -0.487 e. The van der Waals surface area contributed by atoms with Gasteiger partial charge in [-0.25, -0.2) is 0 Å². The Hall–Kier alpha value is -0.150. The second kappa shape index (κ2) is 6.96. The number of thiocarbonyl (C=S) groups is 1. The van der Waals surface area contributed by atoms with Crippen LogP contribution in [0, 0.1) is 0 Å². The Bertz CT molecular complexity index is 93.6. The normalized spacial score (nSPS) is 9.40. The quantitative estimate of drug-likeness (QED) is 0.491. The van der Waals surface area contributed by atoms with Crippen LogP contribution in [0.4, 0.5) is 0 Å². The highest BCUT2D eigenvalue weighted by molar-refractivity contribution is 7.80. The number of rotatable bonds is 5. The molecule has 3 heteroatoms.